The fraction of sp³-hybridized carbons (Fsp3) is 0.292. The smallest absolute Gasteiger partial charge is 0.257 e. The van der Waals surface area contributed by atoms with E-state index in [0.29, 0.717) is 11.3 Å². The van der Waals surface area contributed by atoms with Crippen molar-refractivity contribution < 1.29 is 14.3 Å². The molecule has 3 heterocycles. The third-order valence-corrected chi connectivity index (χ3v) is 6.84. The Morgan fingerprint density at radius 2 is 1.97 bits per heavy atom. The Balaban J connectivity index is 1.44. The molecule has 2 aromatic carbocycles. The number of hydrogen-bond acceptors (Lipinski definition) is 5. The van der Waals surface area contributed by atoms with Gasteiger partial charge in [-0.3, -0.25) is 9.69 Å². The van der Waals surface area contributed by atoms with E-state index in [2.05, 4.69) is 22.4 Å². The van der Waals surface area contributed by atoms with Crippen LogP contribution in [-0.2, 0) is 6.54 Å². The highest BCUT2D eigenvalue weighted by molar-refractivity contribution is 7.09. The van der Waals surface area contributed by atoms with E-state index in [-0.39, 0.29) is 18.1 Å². The maximum atomic E-state index is 13.2. The maximum absolute atomic E-state index is 13.2. The molecular formula is C24H24N2O3S. The van der Waals surface area contributed by atoms with E-state index in [1.807, 2.05) is 54.4 Å². The molecule has 0 aliphatic carbocycles. The van der Waals surface area contributed by atoms with Gasteiger partial charge in [-0.2, -0.15) is 0 Å². The lowest BCUT2D eigenvalue weighted by molar-refractivity contribution is 0.0682. The van der Waals surface area contributed by atoms with Crippen molar-refractivity contribution in [2.24, 2.45) is 0 Å². The number of benzene rings is 2. The number of nitrogens with zero attached hydrogens (tertiary/aromatic N) is 2. The van der Waals surface area contributed by atoms with Crippen LogP contribution in [0.25, 0.3) is 11.1 Å². The molecule has 2 atom stereocenters. The van der Waals surface area contributed by atoms with Gasteiger partial charge in [0.1, 0.15) is 17.6 Å². The highest BCUT2D eigenvalue weighted by Crippen LogP contribution is 2.35. The lowest BCUT2D eigenvalue weighted by Crippen LogP contribution is -2.44. The summed E-state index contributed by atoms with van der Waals surface area (Å²) in [4.78, 5) is 18.7. The second kappa shape index (κ2) is 7.78. The van der Waals surface area contributed by atoms with Gasteiger partial charge in [0, 0.05) is 31.6 Å². The predicted octanol–water partition coefficient (Wildman–Crippen LogP) is 4.14. The van der Waals surface area contributed by atoms with Crippen LogP contribution in [0, 0.1) is 0 Å². The van der Waals surface area contributed by atoms with Gasteiger partial charge in [0.2, 0.25) is 0 Å². The molecule has 3 aromatic rings. The highest BCUT2D eigenvalue weighted by Gasteiger charge is 2.42. The van der Waals surface area contributed by atoms with E-state index in [0.717, 1.165) is 36.5 Å². The molecular weight excluding hydrogens is 396 g/mol. The summed E-state index contributed by atoms with van der Waals surface area (Å²) >= 11 is 1.77. The molecule has 0 bridgehead atoms. The van der Waals surface area contributed by atoms with Gasteiger partial charge in [-0.05, 0) is 46.8 Å². The lowest BCUT2D eigenvalue weighted by atomic mass is 10.0. The summed E-state index contributed by atoms with van der Waals surface area (Å²) < 4.78 is 11.8. The summed E-state index contributed by atoms with van der Waals surface area (Å²) in [6.45, 7) is 2.53. The van der Waals surface area contributed by atoms with Crippen molar-refractivity contribution in [1.29, 1.82) is 0 Å². The van der Waals surface area contributed by atoms with E-state index < -0.39 is 0 Å². The van der Waals surface area contributed by atoms with Crippen LogP contribution in [0.15, 0.2) is 60.0 Å². The summed E-state index contributed by atoms with van der Waals surface area (Å²) in [5.74, 6) is 1.49. The lowest BCUT2D eigenvalue weighted by Gasteiger charge is -2.25. The van der Waals surface area contributed by atoms with Crippen LogP contribution >= 0.6 is 11.3 Å². The first kappa shape index (κ1) is 19.2. The van der Waals surface area contributed by atoms with Crippen molar-refractivity contribution in [3.8, 4) is 22.6 Å². The zero-order valence-electron chi connectivity index (χ0n) is 17.1. The molecule has 0 saturated carbocycles. The molecule has 5 rings (SSSR count). The molecule has 1 fully saturated rings. The Bertz CT molecular complexity index is 1070. The summed E-state index contributed by atoms with van der Waals surface area (Å²) in [6.07, 6.45) is -0.0410. The Labute approximate surface area is 180 Å². The van der Waals surface area contributed by atoms with Crippen molar-refractivity contribution in [1.82, 2.24) is 9.80 Å². The Kier molecular flexibility index (Phi) is 4.97. The first-order valence-corrected chi connectivity index (χ1v) is 11.0. The molecule has 0 spiro atoms. The van der Waals surface area contributed by atoms with Crippen LogP contribution in [0.3, 0.4) is 0 Å². The number of thiophene rings is 1. The number of carbonyl (C=O) groups is 1. The van der Waals surface area contributed by atoms with Gasteiger partial charge in [0.25, 0.3) is 5.91 Å². The van der Waals surface area contributed by atoms with Crippen molar-refractivity contribution in [2.45, 2.75) is 18.7 Å². The third-order valence-electron chi connectivity index (χ3n) is 5.98. The minimum atomic E-state index is -0.0410. The third kappa shape index (κ3) is 3.46. The van der Waals surface area contributed by atoms with E-state index in [1.54, 1.807) is 18.4 Å². The second-order valence-corrected chi connectivity index (χ2v) is 8.89. The number of hydrogen-bond donors (Lipinski definition) is 0. The number of likely N-dealkylation sites (tertiary alicyclic amines) is 1. The average molecular weight is 421 g/mol. The number of fused-ring (bicyclic) bond motifs is 2. The molecule has 1 amide bonds. The van der Waals surface area contributed by atoms with Crippen LogP contribution in [0.2, 0.25) is 0 Å². The van der Waals surface area contributed by atoms with E-state index in [1.165, 1.54) is 4.88 Å². The van der Waals surface area contributed by atoms with Crippen molar-refractivity contribution in [2.75, 3.05) is 27.2 Å². The normalized spacial score (nSPS) is 21.0. The molecule has 0 radical (unpaired) electrons. The molecule has 2 unspecified atom stereocenters. The molecule has 6 heteroatoms. The van der Waals surface area contributed by atoms with Crippen LogP contribution in [0.5, 0.6) is 11.5 Å². The Hall–Kier alpha value is -2.83. The number of carbonyl (C=O) groups excluding carboxylic acids is 1. The minimum absolute atomic E-state index is 0.0210. The van der Waals surface area contributed by atoms with Crippen LogP contribution < -0.4 is 9.47 Å². The van der Waals surface area contributed by atoms with Gasteiger partial charge in [-0.15, -0.1) is 11.3 Å². The minimum Gasteiger partial charge on any atom is -0.497 e. The Morgan fingerprint density at radius 3 is 2.77 bits per heavy atom. The summed E-state index contributed by atoms with van der Waals surface area (Å²) in [5, 5.41) is 2.10. The van der Waals surface area contributed by atoms with Crippen LogP contribution in [-0.4, -0.2) is 55.1 Å². The number of ether oxygens (including phenoxy) is 2. The SMILES string of the molecule is COc1cccc(-c2ccc3c(c2)OC2CN(Cc4cccs4)CC2N(C)C3=O)c1. The van der Waals surface area contributed by atoms with Crippen molar-refractivity contribution in [3.63, 3.8) is 0 Å². The molecule has 1 aromatic heterocycles. The molecule has 1 saturated heterocycles. The quantitative estimate of drug-likeness (QED) is 0.636. The molecule has 0 N–H and O–H groups in total. The zero-order valence-corrected chi connectivity index (χ0v) is 17.9. The molecule has 154 valence electrons. The molecule has 2 aliphatic heterocycles. The average Bonchev–Trinajstić information content (AvgIpc) is 3.41. The van der Waals surface area contributed by atoms with Crippen LogP contribution in [0.1, 0.15) is 15.2 Å². The maximum Gasteiger partial charge on any atom is 0.257 e. The fourth-order valence-corrected chi connectivity index (χ4v) is 5.10. The summed E-state index contributed by atoms with van der Waals surface area (Å²) in [5.41, 5.74) is 2.67. The molecule has 5 nitrogen and oxygen atoms in total. The van der Waals surface area contributed by atoms with Gasteiger partial charge in [0.05, 0.1) is 18.7 Å². The largest absolute Gasteiger partial charge is 0.497 e. The second-order valence-electron chi connectivity index (χ2n) is 7.86. The standard InChI is InChI=1S/C24H24N2O3S/c1-25-21-14-26(13-19-7-4-10-30-19)15-23(21)29-22-12-17(8-9-20(22)24(25)27)16-5-3-6-18(11-16)28-2/h3-12,21,23H,13-15H2,1-2H3. The first-order chi connectivity index (χ1) is 14.6. The predicted molar refractivity (Wildman–Crippen MR) is 118 cm³/mol. The fourth-order valence-electron chi connectivity index (χ4n) is 4.35. The van der Waals surface area contributed by atoms with Gasteiger partial charge in [0.15, 0.2) is 0 Å². The van der Waals surface area contributed by atoms with Gasteiger partial charge < -0.3 is 14.4 Å². The number of amides is 1. The summed E-state index contributed by atoms with van der Waals surface area (Å²) in [7, 11) is 3.55. The molecule has 2 aliphatic rings. The van der Waals surface area contributed by atoms with Gasteiger partial charge >= 0.3 is 0 Å². The zero-order chi connectivity index (χ0) is 20.7. The van der Waals surface area contributed by atoms with Gasteiger partial charge in [-0.25, -0.2) is 0 Å². The first-order valence-electron chi connectivity index (χ1n) is 10.1. The molecule has 30 heavy (non-hydrogen) atoms. The monoisotopic (exact) mass is 420 g/mol. The van der Waals surface area contributed by atoms with E-state index in [4.69, 9.17) is 9.47 Å². The van der Waals surface area contributed by atoms with Crippen LogP contribution in [0.4, 0.5) is 0 Å². The Morgan fingerprint density at radius 1 is 1.10 bits per heavy atom. The highest BCUT2D eigenvalue weighted by atomic mass is 32.1. The van der Waals surface area contributed by atoms with E-state index >= 15 is 0 Å². The van der Waals surface area contributed by atoms with E-state index in [9.17, 15) is 4.79 Å². The number of rotatable bonds is 4. The topological polar surface area (TPSA) is 42.0 Å². The van der Waals surface area contributed by atoms with Gasteiger partial charge in [-0.1, -0.05) is 24.3 Å². The number of methoxy groups -OCH3 is 1. The van der Waals surface area contributed by atoms with Crippen molar-refractivity contribution >= 4 is 17.2 Å². The van der Waals surface area contributed by atoms with Crippen molar-refractivity contribution in [3.05, 3.63) is 70.4 Å². The number of likely N-dealkylation sites (N-methyl/N-ethyl adjacent to an activating group) is 1. The summed E-state index contributed by atoms with van der Waals surface area (Å²) in [6, 6.07) is 18.1.